The highest BCUT2D eigenvalue weighted by Crippen LogP contribution is 2.20. The third-order valence-corrected chi connectivity index (χ3v) is 3.22. The molecular weight excluding hydrogens is 256 g/mol. The lowest BCUT2D eigenvalue weighted by molar-refractivity contribution is 0.0697. The van der Waals surface area contributed by atoms with E-state index in [-0.39, 0.29) is 0 Å². The van der Waals surface area contributed by atoms with E-state index in [4.69, 9.17) is 0 Å². The van der Waals surface area contributed by atoms with Gasteiger partial charge in [0.1, 0.15) is 5.52 Å². The molecule has 0 fully saturated rings. The lowest BCUT2D eigenvalue weighted by Gasteiger charge is -2.22. The summed E-state index contributed by atoms with van der Waals surface area (Å²) in [5.74, 6) is 1.20. The Balaban J connectivity index is 2.23. The van der Waals surface area contributed by atoms with Crippen LogP contribution in [0, 0.1) is 0 Å². The number of nitrogens with zero attached hydrogens (tertiary/aromatic N) is 3. The van der Waals surface area contributed by atoms with Crippen molar-refractivity contribution in [2.75, 3.05) is 23.7 Å². The molecule has 110 valence electrons. The second kappa shape index (κ2) is 6.04. The first kappa shape index (κ1) is 14.5. The number of H-pyrrole nitrogens is 1. The number of hydrogen-bond donors (Lipinski definition) is 4. The number of anilines is 2. The minimum Gasteiger partial charge on any atom is -0.388 e. The van der Waals surface area contributed by atoms with Crippen LogP contribution in [0.15, 0.2) is 6.33 Å². The smallest absolute Gasteiger partial charge is 0.226 e. The molecule has 1 atom stereocenters. The summed E-state index contributed by atoms with van der Waals surface area (Å²) < 4.78 is 0. The Morgan fingerprint density at radius 1 is 1.30 bits per heavy atom. The van der Waals surface area contributed by atoms with Crippen LogP contribution in [-0.4, -0.2) is 43.7 Å². The Morgan fingerprint density at radius 3 is 2.80 bits per heavy atom. The molecule has 0 aliphatic heterocycles. The van der Waals surface area contributed by atoms with Crippen LogP contribution in [0.25, 0.3) is 11.2 Å². The van der Waals surface area contributed by atoms with Crippen molar-refractivity contribution in [2.24, 2.45) is 0 Å². The summed E-state index contributed by atoms with van der Waals surface area (Å²) in [6.07, 6.45) is 3.25. The molecule has 0 bridgehead atoms. The summed E-state index contributed by atoms with van der Waals surface area (Å²) in [6, 6.07) is 0. The molecule has 0 saturated carbocycles. The molecule has 0 aromatic carbocycles. The summed E-state index contributed by atoms with van der Waals surface area (Å²) >= 11 is 0. The normalized spacial score (nSPS) is 14.2. The van der Waals surface area contributed by atoms with Crippen molar-refractivity contribution in [3.63, 3.8) is 0 Å². The van der Waals surface area contributed by atoms with Crippen LogP contribution >= 0.6 is 0 Å². The summed E-state index contributed by atoms with van der Waals surface area (Å²) in [5.41, 5.74) is 0.588. The van der Waals surface area contributed by atoms with Crippen LogP contribution in [0.5, 0.6) is 0 Å². The van der Waals surface area contributed by atoms with Crippen molar-refractivity contribution in [1.82, 2.24) is 19.9 Å². The maximum Gasteiger partial charge on any atom is 0.226 e. The molecule has 2 heterocycles. The summed E-state index contributed by atoms with van der Waals surface area (Å²) in [6.45, 7) is 7.05. The Bertz CT molecular complexity index is 565. The Hall–Kier alpha value is -1.89. The van der Waals surface area contributed by atoms with E-state index in [1.165, 1.54) is 0 Å². The molecule has 7 heteroatoms. The number of aromatic amines is 1. The van der Waals surface area contributed by atoms with Crippen molar-refractivity contribution < 1.29 is 5.11 Å². The average molecular weight is 278 g/mol. The monoisotopic (exact) mass is 278 g/mol. The predicted molar refractivity (Wildman–Crippen MR) is 79.9 cm³/mol. The lowest BCUT2D eigenvalue weighted by Crippen LogP contribution is -2.32. The highest BCUT2D eigenvalue weighted by molar-refractivity contribution is 5.83. The topological polar surface area (TPSA) is 98.8 Å². The van der Waals surface area contributed by atoms with E-state index in [1.807, 2.05) is 6.92 Å². The van der Waals surface area contributed by atoms with Crippen molar-refractivity contribution in [1.29, 1.82) is 0 Å². The second-order valence-corrected chi connectivity index (χ2v) is 5.13. The molecule has 7 nitrogen and oxygen atoms in total. The van der Waals surface area contributed by atoms with Crippen molar-refractivity contribution in [2.45, 2.75) is 39.2 Å². The summed E-state index contributed by atoms with van der Waals surface area (Å²) in [4.78, 5) is 15.9. The van der Waals surface area contributed by atoms with Gasteiger partial charge >= 0.3 is 0 Å². The van der Waals surface area contributed by atoms with E-state index in [0.717, 1.165) is 18.5 Å². The molecule has 1 unspecified atom stereocenters. The first-order valence-electron chi connectivity index (χ1n) is 6.97. The maximum absolute atomic E-state index is 10.1. The van der Waals surface area contributed by atoms with Crippen LogP contribution in [0.3, 0.4) is 0 Å². The number of imidazole rings is 1. The van der Waals surface area contributed by atoms with E-state index >= 15 is 0 Å². The molecule has 0 spiro atoms. The molecule has 4 N–H and O–H groups in total. The standard InChI is InChI=1S/C13H22N6O/c1-4-6-14-12-18-10(15-7-13(3,20)5-2)9-11(19-12)17-8-16-9/h8,20H,4-7H2,1-3H3,(H3,14,15,16,17,18,19). The fraction of sp³-hybridized carbons (Fsp3) is 0.615. The van der Waals surface area contributed by atoms with Gasteiger partial charge in [0.25, 0.3) is 0 Å². The van der Waals surface area contributed by atoms with Crippen LogP contribution in [0.2, 0.25) is 0 Å². The van der Waals surface area contributed by atoms with E-state index < -0.39 is 5.60 Å². The fourth-order valence-electron chi connectivity index (χ4n) is 1.68. The van der Waals surface area contributed by atoms with Gasteiger partial charge < -0.3 is 20.7 Å². The van der Waals surface area contributed by atoms with Gasteiger partial charge in [-0.25, -0.2) is 4.98 Å². The van der Waals surface area contributed by atoms with Gasteiger partial charge in [-0.3, -0.25) is 0 Å². The number of rotatable bonds is 7. The number of aliphatic hydroxyl groups is 1. The van der Waals surface area contributed by atoms with Crippen LogP contribution in [-0.2, 0) is 0 Å². The molecule has 0 saturated heterocycles. The molecule has 0 aliphatic carbocycles. The van der Waals surface area contributed by atoms with Crippen molar-refractivity contribution >= 4 is 22.9 Å². The quantitative estimate of drug-likeness (QED) is 0.616. The van der Waals surface area contributed by atoms with Crippen LogP contribution in [0.1, 0.15) is 33.6 Å². The molecule has 0 aliphatic rings. The van der Waals surface area contributed by atoms with Crippen LogP contribution in [0.4, 0.5) is 11.8 Å². The fourth-order valence-corrected chi connectivity index (χ4v) is 1.68. The van der Waals surface area contributed by atoms with E-state index in [2.05, 4.69) is 37.5 Å². The molecule has 2 rings (SSSR count). The third-order valence-electron chi connectivity index (χ3n) is 3.22. The van der Waals surface area contributed by atoms with Gasteiger partial charge in [0.05, 0.1) is 11.9 Å². The van der Waals surface area contributed by atoms with Crippen molar-refractivity contribution in [3.8, 4) is 0 Å². The molecule has 2 aromatic rings. The van der Waals surface area contributed by atoms with Gasteiger partial charge in [0.2, 0.25) is 5.95 Å². The van der Waals surface area contributed by atoms with E-state index in [0.29, 0.717) is 30.4 Å². The number of hydrogen-bond acceptors (Lipinski definition) is 6. The minimum absolute atomic E-state index is 0.419. The van der Waals surface area contributed by atoms with E-state index in [9.17, 15) is 5.11 Å². The molecular formula is C13H22N6O. The highest BCUT2D eigenvalue weighted by Gasteiger charge is 2.18. The van der Waals surface area contributed by atoms with Gasteiger partial charge in [-0.15, -0.1) is 0 Å². The summed E-state index contributed by atoms with van der Waals surface area (Å²) in [5, 5.41) is 16.4. The Morgan fingerprint density at radius 2 is 2.10 bits per heavy atom. The molecule has 0 amide bonds. The zero-order valence-corrected chi connectivity index (χ0v) is 12.2. The van der Waals surface area contributed by atoms with Gasteiger partial charge in [-0.2, -0.15) is 9.97 Å². The number of fused-ring (bicyclic) bond motifs is 1. The number of aromatic nitrogens is 4. The van der Waals surface area contributed by atoms with Gasteiger partial charge in [0, 0.05) is 13.1 Å². The minimum atomic E-state index is -0.770. The Labute approximate surface area is 118 Å². The van der Waals surface area contributed by atoms with Gasteiger partial charge in [-0.1, -0.05) is 13.8 Å². The molecule has 20 heavy (non-hydrogen) atoms. The largest absolute Gasteiger partial charge is 0.388 e. The first-order valence-corrected chi connectivity index (χ1v) is 6.97. The highest BCUT2D eigenvalue weighted by atomic mass is 16.3. The van der Waals surface area contributed by atoms with Crippen molar-refractivity contribution in [3.05, 3.63) is 6.33 Å². The second-order valence-electron chi connectivity index (χ2n) is 5.13. The zero-order chi connectivity index (χ0) is 14.6. The molecule has 0 radical (unpaired) electrons. The third kappa shape index (κ3) is 3.36. The van der Waals surface area contributed by atoms with E-state index in [1.54, 1.807) is 13.3 Å². The Kier molecular flexibility index (Phi) is 4.39. The number of nitrogens with one attached hydrogen (secondary N) is 3. The van der Waals surface area contributed by atoms with Crippen LogP contribution < -0.4 is 10.6 Å². The summed E-state index contributed by atoms with van der Waals surface area (Å²) in [7, 11) is 0. The molecule has 2 aromatic heterocycles. The predicted octanol–water partition coefficient (Wildman–Crippen LogP) is 1.75. The first-order chi connectivity index (χ1) is 9.55. The van der Waals surface area contributed by atoms with Gasteiger partial charge in [-0.05, 0) is 19.8 Å². The SMILES string of the molecule is CCCNc1nc(NCC(C)(O)CC)c2[nH]cnc2n1. The maximum atomic E-state index is 10.1. The average Bonchev–Trinajstić information content (AvgIpc) is 2.91. The zero-order valence-electron chi connectivity index (χ0n) is 12.2. The van der Waals surface area contributed by atoms with Gasteiger partial charge in [0.15, 0.2) is 11.5 Å². The lowest BCUT2D eigenvalue weighted by atomic mass is 10.0.